The largest absolute Gasteiger partial charge is 0.279 e. The summed E-state index contributed by atoms with van der Waals surface area (Å²) in [4.78, 5) is 25.2. The highest BCUT2D eigenvalue weighted by Gasteiger charge is 2.22. The van der Waals surface area contributed by atoms with Crippen LogP contribution in [0.4, 0.5) is 5.13 Å². The molecule has 6 nitrogen and oxygen atoms in total. The van der Waals surface area contributed by atoms with Crippen LogP contribution in [0.3, 0.4) is 0 Å². The molecule has 0 unspecified atom stereocenters. The van der Waals surface area contributed by atoms with Gasteiger partial charge >= 0.3 is 0 Å². The minimum atomic E-state index is -3.34. The second-order valence-electron chi connectivity index (χ2n) is 6.88. The lowest BCUT2D eigenvalue weighted by Crippen LogP contribution is -2.30. The van der Waals surface area contributed by atoms with Crippen LogP contribution in [0.25, 0.3) is 10.2 Å². The van der Waals surface area contributed by atoms with E-state index in [2.05, 4.69) is 16.0 Å². The second-order valence-corrected chi connectivity index (χ2v) is 10.8. The molecular formula is C22H19N3O3S3. The van der Waals surface area contributed by atoms with Gasteiger partial charge in [-0.15, -0.1) is 11.8 Å². The van der Waals surface area contributed by atoms with Gasteiger partial charge in [0, 0.05) is 29.1 Å². The Bertz CT molecular complexity index is 1330. The highest BCUT2D eigenvalue weighted by Crippen LogP contribution is 2.33. The molecule has 4 rings (SSSR count). The number of carbonyl (C=O) groups excluding carboxylic acids is 1. The number of sulfone groups is 1. The Morgan fingerprint density at radius 3 is 2.55 bits per heavy atom. The molecule has 4 aromatic rings. The fourth-order valence-corrected chi connectivity index (χ4v) is 5.18. The summed E-state index contributed by atoms with van der Waals surface area (Å²) in [6.45, 7) is 0.301. The van der Waals surface area contributed by atoms with Gasteiger partial charge in [0.25, 0.3) is 5.91 Å². The number of rotatable bonds is 6. The topological polar surface area (TPSA) is 80.2 Å². The third-order valence-electron chi connectivity index (χ3n) is 4.65. The molecule has 31 heavy (non-hydrogen) atoms. The van der Waals surface area contributed by atoms with Crippen LogP contribution in [0.15, 0.2) is 76.8 Å². The first-order valence-electron chi connectivity index (χ1n) is 9.30. The Hall–Kier alpha value is -2.75. The van der Waals surface area contributed by atoms with E-state index in [0.717, 1.165) is 26.9 Å². The number of fused-ring (bicyclic) bond motifs is 1. The normalized spacial score (nSPS) is 11.5. The van der Waals surface area contributed by atoms with Crippen LogP contribution in [0.5, 0.6) is 0 Å². The van der Waals surface area contributed by atoms with E-state index in [4.69, 9.17) is 0 Å². The van der Waals surface area contributed by atoms with Crippen LogP contribution in [-0.4, -0.2) is 36.8 Å². The molecule has 158 valence electrons. The van der Waals surface area contributed by atoms with Gasteiger partial charge in [0.1, 0.15) is 0 Å². The Kier molecular flexibility index (Phi) is 6.08. The van der Waals surface area contributed by atoms with E-state index in [1.54, 1.807) is 29.1 Å². The van der Waals surface area contributed by atoms with Crippen LogP contribution < -0.4 is 4.90 Å². The summed E-state index contributed by atoms with van der Waals surface area (Å²) in [6.07, 6.45) is 6.55. The zero-order valence-corrected chi connectivity index (χ0v) is 19.3. The molecule has 2 aromatic heterocycles. The zero-order valence-electron chi connectivity index (χ0n) is 16.8. The maximum atomic E-state index is 13.4. The quantitative estimate of drug-likeness (QED) is 0.382. The summed E-state index contributed by atoms with van der Waals surface area (Å²) < 4.78 is 24.5. The first kappa shape index (κ1) is 21.5. The first-order valence-corrected chi connectivity index (χ1v) is 13.2. The molecular weight excluding hydrogens is 450 g/mol. The van der Waals surface area contributed by atoms with Gasteiger partial charge in [-0.2, -0.15) is 0 Å². The molecule has 0 radical (unpaired) electrons. The number of hydrogen-bond acceptors (Lipinski definition) is 7. The number of anilines is 1. The van der Waals surface area contributed by atoms with Crippen LogP contribution >= 0.6 is 23.1 Å². The van der Waals surface area contributed by atoms with E-state index in [9.17, 15) is 13.2 Å². The summed E-state index contributed by atoms with van der Waals surface area (Å²) in [7, 11) is -3.34. The third kappa shape index (κ3) is 4.79. The predicted molar refractivity (Wildman–Crippen MR) is 126 cm³/mol. The van der Waals surface area contributed by atoms with E-state index in [1.165, 1.54) is 35.6 Å². The van der Waals surface area contributed by atoms with Crippen LogP contribution in [0.2, 0.25) is 0 Å². The minimum Gasteiger partial charge on any atom is -0.279 e. The molecule has 2 heterocycles. The molecule has 0 aliphatic rings. The lowest BCUT2D eigenvalue weighted by Gasteiger charge is -2.20. The number of thioether (sulfide) groups is 1. The lowest BCUT2D eigenvalue weighted by atomic mass is 10.2. The fourth-order valence-electron chi connectivity index (χ4n) is 3.04. The van der Waals surface area contributed by atoms with E-state index >= 15 is 0 Å². The lowest BCUT2D eigenvalue weighted by molar-refractivity contribution is 0.0985. The third-order valence-corrected chi connectivity index (χ3v) is 7.55. The Morgan fingerprint density at radius 1 is 1.13 bits per heavy atom. The molecule has 0 atom stereocenters. The average Bonchev–Trinajstić information content (AvgIpc) is 3.20. The van der Waals surface area contributed by atoms with Crippen molar-refractivity contribution in [2.45, 2.75) is 16.3 Å². The first-order chi connectivity index (χ1) is 14.8. The number of pyridine rings is 1. The van der Waals surface area contributed by atoms with Gasteiger partial charge in [-0.25, -0.2) is 13.4 Å². The van der Waals surface area contributed by atoms with Crippen molar-refractivity contribution in [2.75, 3.05) is 17.4 Å². The van der Waals surface area contributed by atoms with Crippen molar-refractivity contribution in [3.63, 3.8) is 0 Å². The molecule has 9 heteroatoms. The zero-order chi connectivity index (χ0) is 22.0. The van der Waals surface area contributed by atoms with E-state index in [0.29, 0.717) is 17.2 Å². The maximum Gasteiger partial charge on any atom is 0.260 e. The van der Waals surface area contributed by atoms with E-state index in [1.807, 2.05) is 30.5 Å². The molecule has 0 aliphatic carbocycles. The number of carbonyl (C=O) groups is 1. The standard InChI is InChI=1S/C22H19N3O3S3/c1-29-17-7-10-19-20(12-17)30-22(24-19)25(14-15-4-3-11-23-13-15)21(26)16-5-8-18(9-6-16)31(2,27)28/h3-13H,14H2,1-2H3. The molecule has 0 saturated carbocycles. The van der Waals surface area contributed by atoms with Crippen LogP contribution in [0.1, 0.15) is 15.9 Å². The van der Waals surface area contributed by atoms with Gasteiger partial charge in [-0.3, -0.25) is 14.7 Å². The van der Waals surface area contributed by atoms with Gasteiger partial charge < -0.3 is 0 Å². The number of thiazole rings is 1. The van der Waals surface area contributed by atoms with Crippen molar-refractivity contribution in [1.82, 2.24) is 9.97 Å². The summed E-state index contributed by atoms with van der Waals surface area (Å²) in [5.41, 5.74) is 2.09. The fraction of sp³-hybridized carbons (Fsp3) is 0.136. The molecule has 2 aromatic carbocycles. The van der Waals surface area contributed by atoms with Gasteiger partial charge in [-0.1, -0.05) is 17.4 Å². The molecule has 1 amide bonds. The van der Waals surface area contributed by atoms with Crippen molar-refractivity contribution in [3.8, 4) is 0 Å². The molecule has 0 aliphatic heterocycles. The van der Waals surface area contributed by atoms with Crippen LogP contribution in [0, 0.1) is 0 Å². The van der Waals surface area contributed by atoms with E-state index < -0.39 is 9.84 Å². The highest BCUT2D eigenvalue weighted by atomic mass is 32.2. The van der Waals surface area contributed by atoms with Crippen molar-refractivity contribution in [1.29, 1.82) is 0 Å². The summed E-state index contributed by atoms with van der Waals surface area (Å²) >= 11 is 3.10. The van der Waals surface area contributed by atoms with Gasteiger partial charge in [0.15, 0.2) is 15.0 Å². The molecule has 0 fully saturated rings. The van der Waals surface area contributed by atoms with E-state index in [-0.39, 0.29) is 10.8 Å². The summed E-state index contributed by atoms with van der Waals surface area (Å²) in [6, 6.07) is 15.7. The van der Waals surface area contributed by atoms with Gasteiger partial charge in [0.05, 0.1) is 21.7 Å². The highest BCUT2D eigenvalue weighted by molar-refractivity contribution is 7.98. The monoisotopic (exact) mass is 469 g/mol. The maximum absolute atomic E-state index is 13.4. The van der Waals surface area contributed by atoms with Crippen LogP contribution in [-0.2, 0) is 16.4 Å². The number of hydrogen-bond donors (Lipinski definition) is 0. The number of amides is 1. The van der Waals surface area contributed by atoms with Crippen molar-refractivity contribution < 1.29 is 13.2 Å². The smallest absolute Gasteiger partial charge is 0.260 e. The molecule has 0 N–H and O–H groups in total. The number of nitrogens with zero attached hydrogens (tertiary/aromatic N) is 3. The van der Waals surface area contributed by atoms with Crippen molar-refractivity contribution in [3.05, 3.63) is 78.1 Å². The second kappa shape index (κ2) is 8.78. The predicted octanol–water partition coefficient (Wildman–Crippen LogP) is 4.66. The SMILES string of the molecule is CSc1ccc2nc(N(Cc3cccnc3)C(=O)c3ccc(S(C)(=O)=O)cc3)sc2c1. The Balaban J connectivity index is 1.74. The van der Waals surface area contributed by atoms with Gasteiger partial charge in [-0.05, 0) is 60.4 Å². The number of aromatic nitrogens is 2. The minimum absolute atomic E-state index is 0.174. The number of benzene rings is 2. The summed E-state index contributed by atoms with van der Waals surface area (Å²) in [5.74, 6) is -0.256. The van der Waals surface area contributed by atoms with Crippen molar-refractivity contribution >= 4 is 54.2 Å². The molecule has 0 saturated heterocycles. The average molecular weight is 470 g/mol. The van der Waals surface area contributed by atoms with Crippen molar-refractivity contribution in [2.24, 2.45) is 0 Å². The Labute approximate surface area is 188 Å². The molecule has 0 bridgehead atoms. The summed E-state index contributed by atoms with van der Waals surface area (Å²) in [5, 5.41) is 0.578. The Morgan fingerprint density at radius 2 is 1.90 bits per heavy atom. The van der Waals surface area contributed by atoms with Gasteiger partial charge in [0.2, 0.25) is 0 Å². The molecule has 0 spiro atoms.